The Balaban J connectivity index is 2.13. The molecule has 0 saturated heterocycles. The van der Waals surface area contributed by atoms with Crippen molar-refractivity contribution >= 4 is 33.7 Å². The van der Waals surface area contributed by atoms with Gasteiger partial charge < -0.3 is 10.2 Å². The number of carboxylic acids is 1. The maximum Gasteiger partial charge on any atom is 0.341 e. The van der Waals surface area contributed by atoms with E-state index in [0.29, 0.717) is 6.29 Å². The van der Waals surface area contributed by atoms with Gasteiger partial charge in [-0.05, 0) is 31.2 Å². The molecule has 3 rings (SSSR count). The minimum atomic E-state index is -4.54. The van der Waals surface area contributed by atoms with E-state index in [9.17, 15) is 27.9 Å². The van der Waals surface area contributed by atoms with Crippen molar-refractivity contribution in [2.45, 2.75) is 11.8 Å². The van der Waals surface area contributed by atoms with Gasteiger partial charge in [0.2, 0.25) is 5.88 Å². The molecule has 0 aliphatic heterocycles. The molecule has 0 bridgehead atoms. The van der Waals surface area contributed by atoms with Crippen LogP contribution in [0.1, 0.15) is 26.3 Å². The number of rotatable bonds is 6. The zero-order valence-electron chi connectivity index (χ0n) is 16.3. The first-order chi connectivity index (χ1) is 15.0. The summed E-state index contributed by atoms with van der Waals surface area (Å²) in [4.78, 5) is 36.6. The Morgan fingerprint density at radius 2 is 1.94 bits per heavy atom. The molecule has 0 spiro atoms. The van der Waals surface area contributed by atoms with Crippen LogP contribution in [0.15, 0.2) is 62.6 Å². The van der Waals surface area contributed by atoms with E-state index >= 15 is 0 Å². The van der Waals surface area contributed by atoms with Gasteiger partial charge in [-0.1, -0.05) is 0 Å². The number of H-pyrrole nitrogens is 1. The highest BCUT2D eigenvalue weighted by atomic mass is 32.2. The molecule has 1 aromatic carbocycles. The number of azo groups is 1. The number of aromatic carboxylic acids is 1. The van der Waals surface area contributed by atoms with Crippen molar-refractivity contribution in [3.8, 4) is 11.6 Å². The topological polar surface area (TPSA) is 190 Å². The zero-order valence-corrected chi connectivity index (χ0v) is 17.1. The molecule has 4 N–H and O–H groups in total. The molecule has 0 radical (unpaired) electrons. The molecule has 2 aromatic heterocycles. The minimum Gasteiger partial charge on any atom is -0.493 e. The van der Waals surface area contributed by atoms with Gasteiger partial charge in [-0.25, -0.2) is 4.79 Å². The van der Waals surface area contributed by atoms with Crippen molar-refractivity contribution in [1.82, 2.24) is 4.98 Å². The van der Waals surface area contributed by atoms with E-state index in [2.05, 4.69) is 15.2 Å². The van der Waals surface area contributed by atoms with Gasteiger partial charge in [-0.15, -0.1) is 10.2 Å². The van der Waals surface area contributed by atoms with E-state index in [0.717, 1.165) is 18.2 Å². The van der Waals surface area contributed by atoms with E-state index in [4.69, 9.17) is 9.66 Å². The van der Waals surface area contributed by atoms with Gasteiger partial charge in [0.05, 0.1) is 16.1 Å². The van der Waals surface area contributed by atoms with Crippen LogP contribution in [0.4, 0.5) is 11.4 Å². The van der Waals surface area contributed by atoms with Gasteiger partial charge in [0.15, 0.2) is 24.4 Å². The van der Waals surface area contributed by atoms with Gasteiger partial charge in [0, 0.05) is 11.6 Å². The molecule has 12 nitrogen and oxygen atoms in total. The minimum absolute atomic E-state index is 0.0304. The summed E-state index contributed by atoms with van der Waals surface area (Å²) in [5.41, 5.74) is -1.14. The first-order valence-corrected chi connectivity index (χ1v) is 10.2. The number of carbonyl (C=O) groups excluding carboxylic acids is 1. The molecule has 164 valence electrons. The molecule has 32 heavy (non-hydrogen) atoms. The first kappa shape index (κ1) is 22.5. The van der Waals surface area contributed by atoms with E-state index in [1.54, 1.807) is 0 Å². The summed E-state index contributed by atoms with van der Waals surface area (Å²) >= 11 is 0. The lowest BCUT2D eigenvalue weighted by atomic mass is 10.2. The normalized spacial score (nSPS) is 11.6. The second kappa shape index (κ2) is 8.49. The molecule has 0 unspecified atom stereocenters. The van der Waals surface area contributed by atoms with Crippen LogP contribution in [0.2, 0.25) is 0 Å². The molecule has 0 atom stereocenters. The van der Waals surface area contributed by atoms with Crippen molar-refractivity contribution in [3.63, 3.8) is 0 Å². The predicted molar refractivity (Wildman–Crippen MR) is 108 cm³/mol. The van der Waals surface area contributed by atoms with Gasteiger partial charge in [-0.2, -0.15) is 13.0 Å². The van der Waals surface area contributed by atoms with Crippen LogP contribution >= 0.6 is 0 Å². The number of nitrogens with one attached hydrogen (secondary N) is 1. The number of hydrogen-bond acceptors (Lipinski definition) is 8. The summed E-state index contributed by atoms with van der Waals surface area (Å²) in [6, 6.07) is 5.79. The number of carbonyl (C=O) groups is 2. The second-order valence-electron chi connectivity index (χ2n) is 6.44. The molecule has 0 aliphatic rings. The van der Waals surface area contributed by atoms with Crippen molar-refractivity contribution in [2.24, 2.45) is 10.2 Å². The fraction of sp³-hybridized carbons (Fsp3) is 0.0526. The third kappa shape index (κ3) is 4.43. The van der Waals surface area contributed by atoms with E-state index in [1.165, 1.54) is 36.0 Å². The Morgan fingerprint density at radius 1 is 1.22 bits per heavy atom. The summed E-state index contributed by atoms with van der Waals surface area (Å²) < 4.78 is 32.8. The fourth-order valence-electron chi connectivity index (χ4n) is 2.84. The summed E-state index contributed by atoms with van der Waals surface area (Å²) in [5.74, 6) is -1.83. The third-order valence-corrected chi connectivity index (χ3v) is 5.22. The summed E-state index contributed by atoms with van der Waals surface area (Å²) in [5, 5.41) is 27.0. The lowest BCUT2D eigenvalue weighted by molar-refractivity contribution is -0.597. The number of hydrogen-bond donors (Lipinski definition) is 4. The average Bonchev–Trinajstić information content (AvgIpc) is 2.72. The number of nitrogens with zero attached hydrogens (tertiary/aromatic N) is 3. The SMILES string of the molecule is Cc1c(/N=N/c2ccc(S(=O)(=O)O)cc2C=O)c(O)[nH]c(=O)c1-[n+]1cccc(C(=O)O)c1. The highest BCUT2D eigenvalue weighted by Crippen LogP contribution is 2.31. The van der Waals surface area contributed by atoms with E-state index in [-0.39, 0.29) is 33.8 Å². The Kier molecular flexibility index (Phi) is 5.95. The molecule has 13 heteroatoms. The molecular formula is C19H15N4O8S+. The number of benzene rings is 1. The molecular weight excluding hydrogens is 444 g/mol. The van der Waals surface area contributed by atoms with Crippen LogP contribution in [-0.2, 0) is 10.1 Å². The second-order valence-corrected chi connectivity index (χ2v) is 7.87. The maximum atomic E-state index is 12.4. The smallest absolute Gasteiger partial charge is 0.341 e. The maximum absolute atomic E-state index is 12.4. The van der Waals surface area contributed by atoms with Crippen LogP contribution < -0.4 is 10.1 Å². The Morgan fingerprint density at radius 3 is 2.56 bits per heavy atom. The van der Waals surface area contributed by atoms with Gasteiger partial charge in [0.25, 0.3) is 15.8 Å². The largest absolute Gasteiger partial charge is 0.493 e. The fourth-order valence-corrected chi connectivity index (χ4v) is 3.36. The van der Waals surface area contributed by atoms with Crippen molar-refractivity contribution < 1.29 is 37.3 Å². The molecule has 0 saturated carbocycles. The van der Waals surface area contributed by atoms with E-state index < -0.39 is 32.4 Å². The Bertz CT molecular complexity index is 1440. The predicted octanol–water partition coefficient (Wildman–Crippen LogP) is 1.84. The Labute approximate surface area is 179 Å². The van der Waals surface area contributed by atoms with E-state index in [1.807, 2.05) is 0 Å². The number of aldehydes is 1. The summed E-state index contributed by atoms with van der Waals surface area (Å²) in [6.07, 6.45) is 2.94. The molecule has 3 aromatic rings. The number of aromatic nitrogens is 2. The lowest BCUT2D eigenvalue weighted by Crippen LogP contribution is -2.38. The number of carboxylic acid groups (broad SMARTS) is 1. The zero-order chi connectivity index (χ0) is 23.6. The van der Waals surface area contributed by atoms with Gasteiger partial charge in [-0.3, -0.25) is 19.1 Å². The number of aromatic hydroxyl groups is 1. The van der Waals surface area contributed by atoms with Crippen molar-refractivity contribution in [3.05, 3.63) is 69.8 Å². The Hall–Kier alpha value is -4.23. The molecule has 0 fully saturated rings. The van der Waals surface area contributed by atoms with Crippen LogP contribution in [0.5, 0.6) is 5.88 Å². The van der Waals surface area contributed by atoms with Gasteiger partial charge in [0.1, 0.15) is 5.56 Å². The summed E-state index contributed by atoms with van der Waals surface area (Å²) in [7, 11) is -4.54. The van der Waals surface area contributed by atoms with Crippen LogP contribution in [-0.4, -0.2) is 40.4 Å². The molecule has 0 amide bonds. The van der Waals surface area contributed by atoms with Gasteiger partial charge >= 0.3 is 11.5 Å². The molecule has 2 heterocycles. The lowest BCUT2D eigenvalue weighted by Gasteiger charge is -2.06. The first-order valence-electron chi connectivity index (χ1n) is 8.72. The third-order valence-electron chi connectivity index (χ3n) is 4.37. The van der Waals surface area contributed by atoms with Crippen LogP contribution in [0, 0.1) is 6.92 Å². The molecule has 0 aliphatic carbocycles. The van der Waals surface area contributed by atoms with Crippen molar-refractivity contribution in [2.75, 3.05) is 0 Å². The highest BCUT2D eigenvalue weighted by molar-refractivity contribution is 7.85. The number of aromatic amines is 1. The average molecular weight is 459 g/mol. The quantitative estimate of drug-likeness (QED) is 0.186. The van der Waals surface area contributed by atoms with Crippen LogP contribution in [0.25, 0.3) is 5.69 Å². The standard InChI is InChI=1S/C19H14N4O8S/c1-10-15(22-21-14-5-4-13(32(29,30)31)7-12(14)9-24)17(25)20-18(26)16(10)23-6-2-3-11(8-23)19(27)28/h2-9H,1H3,(H3-,20,21,24,25,26,27,28,29,30,31)/p+1. The summed E-state index contributed by atoms with van der Waals surface area (Å²) in [6.45, 7) is 1.45. The number of pyridine rings is 2. The van der Waals surface area contributed by atoms with Crippen LogP contribution in [0.3, 0.4) is 0 Å². The monoisotopic (exact) mass is 459 g/mol. The highest BCUT2D eigenvalue weighted by Gasteiger charge is 2.23. The van der Waals surface area contributed by atoms with Crippen molar-refractivity contribution in [1.29, 1.82) is 0 Å².